The number of benzene rings is 1. The van der Waals surface area contributed by atoms with Gasteiger partial charge in [0, 0.05) is 6.54 Å². The molecule has 104 valence electrons. The maximum absolute atomic E-state index is 13.8. The quantitative estimate of drug-likeness (QED) is 0.774. The molecule has 0 fully saturated rings. The predicted molar refractivity (Wildman–Crippen MR) is 74.7 cm³/mol. The van der Waals surface area contributed by atoms with E-state index in [0.717, 1.165) is 11.1 Å². The van der Waals surface area contributed by atoms with Crippen molar-refractivity contribution in [2.75, 3.05) is 6.54 Å². The van der Waals surface area contributed by atoms with Crippen LogP contribution in [-0.2, 0) is 6.42 Å². The fourth-order valence-electron chi connectivity index (χ4n) is 2.75. The molecular formula is C14H17BrFNO2. The molecule has 0 aliphatic carbocycles. The highest BCUT2D eigenvalue weighted by atomic mass is 79.9. The van der Waals surface area contributed by atoms with E-state index in [9.17, 15) is 14.3 Å². The standard InChI is InChI=1S/C14H17BrFNO2/c1-14(2,3)12-10-8(4-5-9(16)11(10)15)6-7-17(12)13(18)19/h4-5,12H,6-7H2,1-3H3,(H,18,19). The van der Waals surface area contributed by atoms with Gasteiger partial charge >= 0.3 is 6.09 Å². The van der Waals surface area contributed by atoms with Gasteiger partial charge in [0.05, 0.1) is 10.5 Å². The summed E-state index contributed by atoms with van der Waals surface area (Å²) in [4.78, 5) is 12.8. The minimum Gasteiger partial charge on any atom is -0.465 e. The number of nitrogens with zero attached hydrogens (tertiary/aromatic N) is 1. The van der Waals surface area contributed by atoms with Crippen LogP contribution in [0.1, 0.15) is 37.9 Å². The number of amides is 1. The van der Waals surface area contributed by atoms with Crippen LogP contribution in [0.2, 0.25) is 0 Å². The van der Waals surface area contributed by atoms with Crippen molar-refractivity contribution in [1.82, 2.24) is 4.90 Å². The smallest absolute Gasteiger partial charge is 0.407 e. The van der Waals surface area contributed by atoms with E-state index in [1.54, 1.807) is 6.07 Å². The molecule has 1 atom stereocenters. The second kappa shape index (κ2) is 4.78. The summed E-state index contributed by atoms with van der Waals surface area (Å²) in [6.45, 7) is 6.36. The van der Waals surface area contributed by atoms with Crippen molar-refractivity contribution in [3.05, 3.63) is 33.5 Å². The fraction of sp³-hybridized carbons (Fsp3) is 0.500. The molecule has 1 N–H and O–H groups in total. The summed E-state index contributed by atoms with van der Waals surface area (Å²) in [7, 11) is 0. The zero-order valence-electron chi connectivity index (χ0n) is 11.2. The lowest BCUT2D eigenvalue weighted by molar-refractivity contribution is 0.0753. The molecule has 1 aliphatic heterocycles. The Hall–Kier alpha value is -1.10. The molecule has 0 radical (unpaired) electrons. The van der Waals surface area contributed by atoms with E-state index in [0.29, 0.717) is 17.4 Å². The molecule has 0 aromatic heterocycles. The summed E-state index contributed by atoms with van der Waals surface area (Å²) in [5.41, 5.74) is 1.48. The molecule has 0 spiro atoms. The highest BCUT2D eigenvalue weighted by molar-refractivity contribution is 9.10. The molecule has 0 saturated heterocycles. The largest absolute Gasteiger partial charge is 0.465 e. The molecule has 1 aromatic carbocycles. The molecule has 2 rings (SSSR count). The van der Waals surface area contributed by atoms with Crippen LogP contribution < -0.4 is 0 Å². The number of fused-ring (bicyclic) bond motifs is 1. The summed E-state index contributed by atoms with van der Waals surface area (Å²) >= 11 is 3.28. The van der Waals surface area contributed by atoms with Crippen molar-refractivity contribution in [1.29, 1.82) is 0 Å². The molecule has 0 saturated carbocycles. The van der Waals surface area contributed by atoms with Gasteiger partial charge in [0.15, 0.2) is 0 Å². The van der Waals surface area contributed by atoms with E-state index in [-0.39, 0.29) is 17.3 Å². The molecule has 19 heavy (non-hydrogen) atoms. The first-order chi connectivity index (χ1) is 8.73. The first-order valence-electron chi connectivity index (χ1n) is 6.20. The average Bonchev–Trinajstić information content (AvgIpc) is 2.31. The Labute approximate surface area is 120 Å². The van der Waals surface area contributed by atoms with Crippen LogP contribution in [0.25, 0.3) is 0 Å². The van der Waals surface area contributed by atoms with E-state index in [4.69, 9.17) is 0 Å². The molecule has 1 heterocycles. The second-order valence-corrected chi connectivity index (χ2v) is 6.72. The van der Waals surface area contributed by atoms with Crippen LogP contribution in [0.4, 0.5) is 9.18 Å². The molecule has 1 aliphatic rings. The monoisotopic (exact) mass is 329 g/mol. The van der Waals surface area contributed by atoms with Gasteiger partial charge in [-0.05, 0) is 45.0 Å². The van der Waals surface area contributed by atoms with Gasteiger partial charge in [-0.15, -0.1) is 0 Å². The zero-order chi connectivity index (χ0) is 14.4. The third-order valence-corrected chi connectivity index (χ3v) is 4.30. The third-order valence-electron chi connectivity index (χ3n) is 3.50. The fourth-order valence-corrected chi connectivity index (χ4v) is 3.36. The summed E-state index contributed by atoms with van der Waals surface area (Å²) in [6.07, 6.45) is -0.339. The van der Waals surface area contributed by atoms with Gasteiger partial charge in [0.25, 0.3) is 0 Å². The van der Waals surface area contributed by atoms with Gasteiger partial charge in [-0.1, -0.05) is 26.8 Å². The number of hydrogen-bond donors (Lipinski definition) is 1. The van der Waals surface area contributed by atoms with Crippen LogP contribution in [0.3, 0.4) is 0 Å². The Morgan fingerprint density at radius 2 is 2.11 bits per heavy atom. The van der Waals surface area contributed by atoms with Crippen LogP contribution in [-0.4, -0.2) is 22.6 Å². The average molecular weight is 330 g/mol. The van der Waals surface area contributed by atoms with E-state index < -0.39 is 6.09 Å². The summed E-state index contributed by atoms with van der Waals surface area (Å²) in [5.74, 6) is -0.347. The predicted octanol–water partition coefficient (Wildman–Crippen LogP) is 4.21. The molecule has 1 amide bonds. The Morgan fingerprint density at radius 1 is 1.47 bits per heavy atom. The maximum Gasteiger partial charge on any atom is 0.407 e. The lowest BCUT2D eigenvalue weighted by atomic mass is 9.77. The Bertz CT molecular complexity index is 525. The maximum atomic E-state index is 13.8. The lowest BCUT2D eigenvalue weighted by Gasteiger charge is -2.43. The van der Waals surface area contributed by atoms with E-state index in [1.807, 2.05) is 20.8 Å². The van der Waals surface area contributed by atoms with Crippen molar-refractivity contribution in [3.8, 4) is 0 Å². The molecule has 3 nitrogen and oxygen atoms in total. The van der Waals surface area contributed by atoms with Crippen molar-refractivity contribution in [2.45, 2.75) is 33.2 Å². The minimum absolute atomic E-state index is 0.302. The molecule has 0 bridgehead atoms. The van der Waals surface area contributed by atoms with Crippen molar-refractivity contribution in [2.24, 2.45) is 5.41 Å². The zero-order valence-corrected chi connectivity index (χ0v) is 12.8. The van der Waals surface area contributed by atoms with Gasteiger partial charge in [0.1, 0.15) is 5.82 Å². The lowest BCUT2D eigenvalue weighted by Crippen LogP contribution is -2.45. The first kappa shape index (κ1) is 14.3. The van der Waals surface area contributed by atoms with Gasteiger partial charge in [-0.3, -0.25) is 0 Å². The van der Waals surface area contributed by atoms with E-state index in [2.05, 4.69) is 15.9 Å². The number of carbonyl (C=O) groups is 1. The Balaban J connectivity index is 2.64. The number of halogens is 2. The van der Waals surface area contributed by atoms with Crippen molar-refractivity contribution in [3.63, 3.8) is 0 Å². The van der Waals surface area contributed by atoms with E-state index in [1.165, 1.54) is 11.0 Å². The van der Waals surface area contributed by atoms with E-state index >= 15 is 0 Å². The van der Waals surface area contributed by atoms with Crippen LogP contribution in [0.15, 0.2) is 16.6 Å². The molecule has 1 unspecified atom stereocenters. The topological polar surface area (TPSA) is 40.5 Å². The summed E-state index contributed by atoms with van der Waals surface area (Å²) < 4.78 is 14.2. The summed E-state index contributed by atoms with van der Waals surface area (Å²) in [5, 5.41) is 9.37. The number of hydrogen-bond acceptors (Lipinski definition) is 1. The van der Waals surface area contributed by atoms with Crippen molar-refractivity contribution >= 4 is 22.0 Å². The Kier molecular flexibility index (Phi) is 3.60. The SMILES string of the molecule is CC(C)(C)C1c2c(ccc(F)c2Br)CCN1C(=O)O. The number of carboxylic acid groups (broad SMARTS) is 1. The first-order valence-corrected chi connectivity index (χ1v) is 6.99. The highest BCUT2D eigenvalue weighted by Gasteiger charge is 2.40. The van der Waals surface area contributed by atoms with Crippen LogP contribution in [0, 0.1) is 11.2 Å². The Morgan fingerprint density at radius 3 is 2.63 bits per heavy atom. The van der Waals surface area contributed by atoms with Gasteiger partial charge in [0.2, 0.25) is 0 Å². The second-order valence-electron chi connectivity index (χ2n) is 5.93. The van der Waals surface area contributed by atoms with Gasteiger partial charge in [-0.2, -0.15) is 0 Å². The molecular weight excluding hydrogens is 313 g/mol. The number of rotatable bonds is 0. The van der Waals surface area contributed by atoms with Crippen LogP contribution >= 0.6 is 15.9 Å². The van der Waals surface area contributed by atoms with Crippen LogP contribution in [0.5, 0.6) is 0 Å². The van der Waals surface area contributed by atoms with Crippen molar-refractivity contribution < 1.29 is 14.3 Å². The highest BCUT2D eigenvalue weighted by Crippen LogP contribution is 2.45. The minimum atomic E-state index is -0.957. The normalized spacial score (nSPS) is 19.2. The van der Waals surface area contributed by atoms with Gasteiger partial charge in [-0.25, -0.2) is 9.18 Å². The summed E-state index contributed by atoms with van der Waals surface area (Å²) in [6, 6.07) is 2.84. The molecule has 1 aromatic rings. The molecule has 5 heteroatoms. The third kappa shape index (κ3) is 2.48. The van der Waals surface area contributed by atoms with Gasteiger partial charge < -0.3 is 10.0 Å².